The molecule has 0 bridgehead atoms. The molecule has 1 nitrogen and oxygen atoms in total. The zero-order valence-corrected chi connectivity index (χ0v) is 6.71. The molecule has 0 fully saturated rings. The van der Waals surface area contributed by atoms with Gasteiger partial charge < -0.3 is 0 Å². The van der Waals surface area contributed by atoms with Gasteiger partial charge in [-0.25, -0.2) is 0 Å². The Balaban J connectivity index is -0.00000000167. The van der Waals surface area contributed by atoms with E-state index in [1.54, 1.807) is 0 Å². The van der Waals surface area contributed by atoms with Gasteiger partial charge in [0.2, 0.25) is 0 Å². The molecule has 0 atom stereocenters. The van der Waals surface area contributed by atoms with Gasteiger partial charge in [-0.15, -0.1) is 0 Å². The van der Waals surface area contributed by atoms with Gasteiger partial charge in [-0.1, -0.05) is 0 Å². The number of hydrogen-bond acceptors (Lipinski definition) is 1. The van der Waals surface area contributed by atoms with Crippen LogP contribution in [-0.2, 0) is 46.7 Å². The third kappa shape index (κ3) is 18.8. The van der Waals surface area contributed by atoms with Gasteiger partial charge in [0.1, 0.15) is 0 Å². The quantitative estimate of drug-likeness (QED) is 0.414. The third-order valence-corrected chi connectivity index (χ3v) is 0. The van der Waals surface area contributed by atoms with Crippen LogP contribution in [0.5, 0.6) is 0 Å². The summed E-state index contributed by atoms with van der Waals surface area (Å²) in [6.45, 7) is 0. The summed E-state index contributed by atoms with van der Waals surface area (Å²) in [5.41, 5.74) is 0. The summed E-state index contributed by atoms with van der Waals surface area (Å²) in [4.78, 5) is 0. The molecule has 5 heavy (non-hydrogen) atoms. The largest absolute Gasteiger partial charge is 0 e. The number of hydrogen-bond donors (Lipinski definition) is 0. The molecule has 0 unspecified atom stereocenters. The maximum Gasteiger partial charge on any atom is 0 e. The van der Waals surface area contributed by atoms with Gasteiger partial charge in [0.25, 0.3) is 0 Å². The SMILES string of the molecule is [AlH3].[O]=[Nb].[SrH2].[Ta]. The minimum atomic E-state index is 0. The molecule has 0 heterocycles. The molecule has 0 aromatic rings. The van der Waals surface area contributed by atoms with Crippen molar-refractivity contribution in [3.8, 4) is 0 Å². The first-order chi connectivity index (χ1) is 1.00. The Labute approximate surface area is 107 Å². The zero-order valence-electron chi connectivity index (χ0n) is 1.30. The molecule has 1 radical (unpaired) electrons. The smallest absolute Gasteiger partial charge is 0 e. The van der Waals surface area contributed by atoms with Crippen LogP contribution < -0.4 is 0 Å². The molecule has 0 aromatic heterocycles. The number of rotatable bonds is 0. The monoisotopic (exact) mass is 410 g/mol. The van der Waals surface area contributed by atoms with Crippen LogP contribution in [-0.4, -0.2) is 62.8 Å². The molecule has 5 heteroatoms. The molecule has 0 saturated carbocycles. The maximum atomic E-state index is 8.30. The van der Waals surface area contributed by atoms with Crippen LogP contribution >= 0.6 is 0 Å². The van der Waals surface area contributed by atoms with Crippen LogP contribution in [0.25, 0.3) is 0 Å². The van der Waals surface area contributed by atoms with E-state index in [2.05, 4.69) is 0 Å². The molecular formula is H5AlNbOSrTa. The summed E-state index contributed by atoms with van der Waals surface area (Å²) >= 11 is 0.500. The van der Waals surface area contributed by atoms with Gasteiger partial charge in [-0.05, 0) is 0 Å². The van der Waals surface area contributed by atoms with Gasteiger partial charge >= 0.3 is 69.8 Å². The van der Waals surface area contributed by atoms with E-state index in [1.165, 1.54) is 0 Å². The Bertz CT molecular complexity index is 11.6. The second-order valence-electron chi connectivity index (χ2n) is 0. The Morgan fingerprint density at radius 2 is 1.20 bits per heavy atom. The van der Waals surface area contributed by atoms with Crippen LogP contribution in [0.1, 0.15) is 0 Å². The van der Waals surface area contributed by atoms with Crippen molar-refractivity contribution in [2.45, 2.75) is 0 Å². The van der Waals surface area contributed by atoms with Crippen molar-refractivity contribution >= 4 is 62.8 Å². The fourth-order valence-electron chi connectivity index (χ4n) is 0. The average Bonchev–Trinajstić information content (AvgIpc) is 1.00. The predicted molar refractivity (Wildman–Crippen MR) is 19.2 cm³/mol. The van der Waals surface area contributed by atoms with Crippen LogP contribution in [0, 0.1) is 0 Å². The Morgan fingerprint density at radius 1 is 1.20 bits per heavy atom. The van der Waals surface area contributed by atoms with Gasteiger partial charge in [0.05, 0.1) is 0 Å². The summed E-state index contributed by atoms with van der Waals surface area (Å²) in [5, 5.41) is 0. The van der Waals surface area contributed by atoms with E-state index in [0.717, 1.165) is 0 Å². The Hall–Kier alpha value is 3.29. The molecular weight excluding hydrogens is 404 g/mol. The van der Waals surface area contributed by atoms with E-state index in [0.29, 0.717) is 21.0 Å². The van der Waals surface area contributed by atoms with Crippen molar-refractivity contribution < 1.29 is 46.7 Å². The van der Waals surface area contributed by atoms with E-state index < -0.39 is 0 Å². The topological polar surface area (TPSA) is 17.1 Å². The van der Waals surface area contributed by atoms with Crippen molar-refractivity contribution in [2.24, 2.45) is 0 Å². The van der Waals surface area contributed by atoms with Crippen molar-refractivity contribution in [3.63, 3.8) is 0 Å². The van der Waals surface area contributed by atoms with Crippen molar-refractivity contribution in [3.05, 3.63) is 0 Å². The summed E-state index contributed by atoms with van der Waals surface area (Å²) in [5.74, 6) is 0. The molecule has 0 aliphatic rings. The first kappa shape index (κ1) is 23.9. The molecule has 0 saturated heterocycles. The summed E-state index contributed by atoms with van der Waals surface area (Å²) in [6.07, 6.45) is 0. The summed E-state index contributed by atoms with van der Waals surface area (Å²) in [6, 6.07) is 0. The summed E-state index contributed by atoms with van der Waals surface area (Å²) in [7, 11) is 0. The van der Waals surface area contributed by atoms with Crippen LogP contribution in [0.15, 0.2) is 0 Å². The minimum Gasteiger partial charge on any atom is 0 e. The molecule has 0 amide bonds. The van der Waals surface area contributed by atoms with Crippen molar-refractivity contribution in [1.82, 2.24) is 0 Å². The van der Waals surface area contributed by atoms with Crippen LogP contribution in [0.3, 0.4) is 0 Å². The van der Waals surface area contributed by atoms with E-state index in [4.69, 9.17) is 3.25 Å². The minimum absolute atomic E-state index is 0. The van der Waals surface area contributed by atoms with Crippen LogP contribution in [0.4, 0.5) is 0 Å². The molecule has 0 aromatic carbocycles. The van der Waals surface area contributed by atoms with E-state index in [-0.39, 0.29) is 85.2 Å². The zero-order chi connectivity index (χ0) is 2.00. The fraction of sp³-hybridized carbons (Fsp3) is 0. The van der Waals surface area contributed by atoms with E-state index >= 15 is 0 Å². The van der Waals surface area contributed by atoms with Crippen molar-refractivity contribution in [2.75, 3.05) is 0 Å². The molecule has 0 aliphatic carbocycles. The third-order valence-electron chi connectivity index (χ3n) is 0. The van der Waals surface area contributed by atoms with Gasteiger partial charge in [0.15, 0.2) is 17.4 Å². The second-order valence-corrected chi connectivity index (χ2v) is 0. The standard InChI is InChI=1S/Al.Nb.O.Sr.Ta.5H. The van der Waals surface area contributed by atoms with Gasteiger partial charge in [-0.3, -0.25) is 0 Å². The molecule has 0 spiro atoms. The maximum absolute atomic E-state index is 8.30. The van der Waals surface area contributed by atoms with Crippen molar-refractivity contribution in [1.29, 1.82) is 0 Å². The summed E-state index contributed by atoms with van der Waals surface area (Å²) < 4.78 is 8.30. The van der Waals surface area contributed by atoms with Crippen LogP contribution in [0.2, 0.25) is 0 Å². The Morgan fingerprint density at radius 3 is 1.20 bits per heavy atom. The molecule has 0 aliphatic heterocycles. The van der Waals surface area contributed by atoms with E-state index in [1.807, 2.05) is 0 Å². The molecule has 0 N–H and O–H groups in total. The van der Waals surface area contributed by atoms with E-state index in [9.17, 15) is 0 Å². The average molecular weight is 409 g/mol. The first-order valence-electron chi connectivity index (χ1n) is 0.183. The fourth-order valence-corrected chi connectivity index (χ4v) is 0. The second kappa shape index (κ2) is 26.6. The van der Waals surface area contributed by atoms with Gasteiger partial charge in [-0.2, -0.15) is 0 Å². The predicted octanol–water partition coefficient (Wildman–Crippen LogP) is -2.22. The Kier molecular flexibility index (Phi) is 127. The molecule has 0 rings (SSSR count). The normalized spacial score (nSPS) is 0.600. The van der Waals surface area contributed by atoms with Gasteiger partial charge in [0, 0.05) is 22.4 Å². The first-order valence-corrected chi connectivity index (χ1v) is 1.08. The molecule has 26 valence electrons.